The molecule has 98 valence electrons. The molecule has 1 aromatic rings. The van der Waals surface area contributed by atoms with Crippen LogP contribution in [0.1, 0.15) is 18.4 Å². The van der Waals surface area contributed by atoms with Crippen molar-refractivity contribution in [2.45, 2.75) is 24.8 Å². The summed E-state index contributed by atoms with van der Waals surface area (Å²) in [5, 5.41) is 0.833. The van der Waals surface area contributed by atoms with E-state index in [0.29, 0.717) is 11.9 Å². The number of fused-ring (bicyclic) bond motifs is 1. The Kier molecular flexibility index (Phi) is 3.69. The normalized spacial score (nSPS) is 24.3. The Hall–Kier alpha value is -0.440. The third-order valence-electron chi connectivity index (χ3n) is 4.12. The molecule has 2 aliphatic heterocycles. The van der Waals surface area contributed by atoms with Crippen LogP contribution in [0, 0.1) is 0 Å². The molecule has 0 saturated carbocycles. The van der Waals surface area contributed by atoms with Crippen molar-refractivity contribution >= 4 is 28.9 Å². The molecule has 0 aromatic heterocycles. The number of rotatable bonds is 2. The van der Waals surface area contributed by atoms with Gasteiger partial charge in [-0.15, -0.1) is 11.6 Å². The van der Waals surface area contributed by atoms with Crippen molar-refractivity contribution in [2.24, 2.45) is 0 Å². The van der Waals surface area contributed by atoms with Crippen molar-refractivity contribution in [2.75, 3.05) is 31.1 Å². The monoisotopic (exact) mass is 284 g/mol. The lowest BCUT2D eigenvalue weighted by Crippen LogP contribution is -2.50. The van der Waals surface area contributed by atoms with Gasteiger partial charge in [-0.05, 0) is 31.0 Å². The van der Waals surface area contributed by atoms with Gasteiger partial charge in [-0.25, -0.2) is 0 Å². The fraction of sp³-hybridized carbons (Fsp3) is 0.571. The Morgan fingerprint density at radius 3 is 2.94 bits per heavy atom. The summed E-state index contributed by atoms with van der Waals surface area (Å²) in [6, 6.07) is 6.73. The quantitative estimate of drug-likeness (QED) is 0.769. The maximum atomic E-state index is 6.37. The average molecular weight is 285 g/mol. The van der Waals surface area contributed by atoms with Gasteiger partial charge in [0, 0.05) is 31.6 Å². The number of hydrogen-bond acceptors (Lipinski definition) is 2. The zero-order chi connectivity index (χ0) is 12.5. The van der Waals surface area contributed by atoms with Gasteiger partial charge in [0.25, 0.3) is 0 Å². The van der Waals surface area contributed by atoms with E-state index in [-0.39, 0.29) is 0 Å². The zero-order valence-corrected chi connectivity index (χ0v) is 11.9. The summed E-state index contributed by atoms with van der Waals surface area (Å²) >= 11 is 12.4. The molecule has 1 unspecified atom stereocenters. The van der Waals surface area contributed by atoms with Crippen LogP contribution < -0.4 is 4.90 Å². The second-order valence-electron chi connectivity index (χ2n) is 5.16. The number of hydrogen-bond donors (Lipinski definition) is 0. The molecule has 18 heavy (non-hydrogen) atoms. The number of benzene rings is 1. The second-order valence-corrected chi connectivity index (χ2v) is 5.83. The molecular formula is C14H18Cl2N2. The number of anilines is 1. The molecule has 3 rings (SSSR count). The van der Waals surface area contributed by atoms with Crippen LogP contribution in [0.3, 0.4) is 0 Å². The van der Waals surface area contributed by atoms with Crippen LogP contribution in [0.4, 0.5) is 5.69 Å². The molecule has 0 bridgehead atoms. The summed E-state index contributed by atoms with van der Waals surface area (Å²) in [6.45, 7) is 4.57. The summed E-state index contributed by atoms with van der Waals surface area (Å²) in [4.78, 5) is 5.03. The molecule has 0 N–H and O–H groups in total. The maximum Gasteiger partial charge on any atom is 0.0642 e. The number of nitrogens with zero attached hydrogens (tertiary/aromatic N) is 2. The lowest BCUT2D eigenvalue weighted by Gasteiger charge is -2.39. The van der Waals surface area contributed by atoms with E-state index in [1.54, 1.807) is 0 Å². The fourth-order valence-corrected chi connectivity index (χ4v) is 3.75. The molecular weight excluding hydrogens is 267 g/mol. The second kappa shape index (κ2) is 5.28. The standard InChI is InChI=1S/C14H18Cl2N2/c15-9-11-3-1-5-13(16)14(11)18-8-7-17-6-2-4-12(17)10-18/h1,3,5,12H,2,4,6-10H2. The Labute approximate surface area is 118 Å². The first kappa shape index (κ1) is 12.6. The molecule has 2 saturated heterocycles. The van der Waals surface area contributed by atoms with Crippen LogP contribution in [-0.4, -0.2) is 37.1 Å². The minimum Gasteiger partial charge on any atom is -0.367 e. The van der Waals surface area contributed by atoms with E-state index in [0.717, 1.165) is 35.9 Å². The summed E-state index contributed by atoms with van der Waals surface area (Å²) in [6.07, 6.45) is 2.65. The molecule has 4 heteroatoms. The highest BCUT2D eigenvalue weighted by molar-refractivity contribution is 6.33. The first-order valence-electron chi connectivity index (χ1n) is 6.62. The maximum absolute atomic E-state index is 6.37. The third-order valence-corrected chi connectivity index (χ3v) is 4.71. The minimum absolute atomic E-state index is 0.529. The lowest BCUT2D eigenvalue weighted by molar-refractivity contribution is 0.231. The molecule has 1 atom stereocenters. The largest absolute Gasteiger partial charge is 0.367 e. The molecule has 2 heterocycles. The molecule has 2 fully saturated rings. The molecule has 2 aliphatic rings. The van der Waals surface area contributed by atoms with E-state index in [2.05, 4.69) is 15.9 Å². The molecule has 0 amide bonds. The summed E-state index contributed by atoms with van der Waals surface area (Å²) in [7, 11) is 0. The molecule has 0 aliphatic carbocycles. The average Bonchev–Trinajstić information content (AvgIpc) is 2.85. The van der Waals surface area contributed by atoms with Gasteiger partial charge in [0.1, 0.15) is 0 Å². The van der Waals surface area contributed by atoms with Gasteiger partial charge in [0.05, 0.1) is 10.7 Å². The molecule has 0 spiro atoms. The highest BCUT2D eigenvalue weighted by Crippen LogP contribution is 2.34. The van der Waals surface area contributed by atoms with Crippen molar-refractivity contribution in [1.82, 2.24) is 4.90 Å². The molecule has 0 radical (unpaired) electrons. The molecule has 2 nitrogen and oxygen atoms in total. The van der Waals surface area contributed by atoms with Crippen LogP contribution in [0.5, 0.6) is 0 Å². The van der Waals surface area contributed by atoms with Crippen LogP contribution in [0.15, 0.2) is 18.2 Å². The van der Waals surface area contributed by atoms with E-state index in [1.807, 2.05) is 12.1 Å². The Morgan fingerprint density at radius 1 is 1.22 bits per heavy atom. The van der Waals surface area contributed by atoms with Crippen molar-refractivity contribution < 1.29 is 0 Å². The van der Waals surface area contributed by atoms with Gasteiger partial charge in [-0.2, -0.15) is 0 Å². The van der Waals surface area contributed by atoms with E-state index in [9.17, 15) is 0 Å². The Morgan fingerprint density at radius 2 is 2.11 bits per heavy atom. The fourth-order valence-electron chi connectivity index (χ4n) is 3.22. The SMILES string of the molecule is ClCc1cccc(Cl)c1N1CCN2CCCC2C1. The lowest BCUT2D eigenvalue weighted by atomic mass is 10.1. The summed E-state index contributed by atoms with van der Waals surface area (Å²) in [5.41, 5.74) is 2.30. The van der Waals surface area contributed by atoms with Crippen molar-refractivity contribution in [3.8, 4) is 0 Å². The van der Waals surface area contributed by atoms with Gasteiger partial charge in [-0.3, -0.25) is 4.90 Å². The molecule has 1 aromatic carbocycles. The van der Waals surface area contributed by atoms with Crippen molar-refractivity contribution in [3.05, 3.63) is 28.8 Å². The highest BCUT2D eigenvalue weighted by Gasteiger charge is 2.31. The Balaban J connectivity index is 1.86. The van der Waals surface area contributed by atoms with Gasteiger partial charge in [0.2, 0.25) is 0 Å². The topological polar surface area (TPSA) is 6.48 Å². The van der Waals surface area contributed by atoms with E-state index < -0.39 is 0 Å². The predicted octanol–water partition coefficient (Wildman–Crippen LogP) is 3.36. The first-order valence-corrected chi connectivity index (χ1v) is 7.53. The summed E-state index contributed by atoms with van der Waals surface area (Å²) < 4.78 is 0. The highest BCUT2D eigenvalue weighted by atomic mass is 35.5. The van der Waals surface area contributed by atoms with E-state index >= 15 is 0 Å². The number of piperazine rings is 1. The van der Waals surface area contributed by atoms with E-state index in [1.165, 1.54) is 19.4 Å². The van der Waals surface area contributed by atoms with Crippen LogP contribution in [0.2, 0.25) is 5.02 Å². The van der Waals surface area contributed by atoms with Crippen LogP contribution in [-0.2, 0) is 5.88 Å². The Bertz CT molecular complexity index is 436. The summed E-state index contributed by atoms with van der Waals surface area (Å²) in [5.74, 6) is 0.529. The first-order chi connectivity index (χ1) is 8.79. The van der Waals surface area contributed by atoms with Gasteiger partial charge in [-0.1, -0.05) is 23.7 Å². The van der Waals surface area contributed by atoms with Crippen LogP contribution in [0.25, 0.3) is 0 Å². The number of para-hydroxylation sites is 1. The van der Waals surface area contributed by atoms with Crippen LogP contribution >= 0.6 is 23.2 Å². The zero-order valence-electron chi connectivity index (χ0n) is 10.4. The van der Waals surface area contributed by atoms with E-state index in [4.69, 9.17) is 23.2 Å². The van der Waals surface area contributed by atoms with Gasteiger partial charge >= 0.3 is 0 Å². The minimum atomic E-state index is 0.529. The predicted molar refractivity (Wildman–Crippen MR) is 77.8 cm³/mol. The van der Waals surface area contributed by atoms with Crippen molar-refractivity contribution in [1.29, 1.82) is 0 Å². The number of halogens is 2. The smallest absolute Gasteiger partial charge is 0.0642 e. The van der Waals surface area contributed by atoms with Crippen molar-refractivity contribution in [3.63, 3.8) is 0 Å². The third kappa shape index (κ3) is 2.22. The van der Waals surface area contributed by atoms with Gasteiger partial charge in [0.15, 0.2) is 0 Å². The number of alkyl halides is 1. The van der Waals surface area contributed by atoms with Gasteiger partial charge < -0.3 is 4.90 Å².